The Balaban J connectivity index is 1.36. The number of methoxy groups -OCH3 is 2. The number of non-ortho nitro benzene ring substituents is 1. The fourth-order valence-corrected chi connectivity index (χ4v) is 4.09. The Hall–Kier alpha value is -6.01. The molecule has 0 unspecified atom stereocenters. The molecule has 0 aliphatic carbocycles. The smallest absolute Gasteiger partial charge is 0.336 e. The van der Waals surface area contributed by atoms with Crippen molar-refractivity contribution in [3.05, 3.63) is 128 Å². The largest absolute Gasteiger partial charge is 0.496 e. The highest BCUT2D eigenvalue weighted by molar-refractivity contribution is 6.31. The van der Waals surface area contributed by atoms with E-state index in [2.05, 4.69) is 15.8 Å². The molecule has 228 valence electrons. The first-order valence-electron chi connectivity index (χ1n) is 13.1. The summed E-state index contributed by atoms with van der Waals surface area (Å²) in [5.41, 5.74) is 4.13. The summed E-state index contributed by atoms with van der Waals surface area (Å²) >= 11 is 6.02. The summed E-state index contributed by atoms with van der Waals surface area (Å²) in [4.78, 5) is 48.2. The van der Waals surface area contributed by atoms with Gasteiger partial charge in [-0.05, 0) is 71.8 Å². The van der Waals surface area contributed by atoms with Gasteiger partial charge >= 0.3 is 5.97 Å². The van der Waals surface area contributed by atoms with E-state index in [1.165, 1.54) is 62.9 Å². The summed E-state index contributed by atoms with van der Waals surface area (Å²) in [6.07, 6.45) is 3.90. The van der Waals surface area contributed by atoms with Crippen LogP contribution < -0.4 is 25.0 Å². The Labute approximate surface area is 262 Å². The van der Waals surface area contributed by atoms with Crippen LogP contribution >= 0.6 is 11.6 Å². The van der Waals surface area contributed by atoms with Crippen molar-refractivity contribution >= 4 is 53.0 Å². The third kappa shape index (κ3) is 8.75. The number of benzene rings is 4. The molecular formula is C32H25ClN4O8. The maximum Gasteiger partial charge on any atom is 0.336 e. The number of amides is 2. The van der Waals surface area contributed by atoms with Crippen LogP contribution in [0.3, 0.4) is 0 Å². The van der Waals surface area contributed by atoms with Crippen LogP contribution in [0.25, 0.3) is 6.08 Å². The second kappa shape index (κ2) is 14.9. The Morgan fingerprint density at radius 1 is 0.844 bits per heavy atom. The number of esters is 1. The SMILES string of the molecule is COc1cc(C=NNC(=O)c2cccc(NC(=O)c3cc(Cl)ccc3OC)c2)ccc1OC(=O)/C=C/c1cccc([N+](=O)[O-])c1. The maximum absolute atomic E-state index is 12.8. The number of rotatable bonds is 11. The van der Waals surface area contributed by atoms with Crippen molar-refractivity contribution in [2.24, 2.45) is 5.10 Å². The van der Waals surface area contributed by atoms with E-state index in [1.54, 1.807) is 48.5 Å². The fraction of sp³-hybridized carbons (Fsp3) is 0.0625. The molecule has 0 spiro atoms. The number of anilines is 1. The number of ether oxygens (including phenoxy) is 3. The fourth-order valence-electron chi connectivity index (χ4n) is 3.92. The van der Waals surface area contributed by atoms with Crippen molar-refractivity contribution in [1.82, 2.24) is 5.43 Å². The summed E-state index contributed by atoms with van der Waals surface area (Å²) in [7, 11) is 2.83. The van der Waals surface area contributed by atoms with E-state index in [4.69, 9.17) is 25.8 Å². The number of nitrogens with one attached hydrogen (secondary N) is 2. The molecular weight excluding hydrogens is 604 g/mol. The van der Waals surface area contributed by atoms with Crippen LogP contribution in [0.15, 0.2) is 96.1 Å². The minimum atomic E-state index is -0.724. The van der Waals surface area contributed by atoms with Gasteiger partial charge in [-0.1, -0.05) is 29.8 Å². The second-order valence-electron chi connectivity index (χ2n) is 9.10. The van der Waals surface area contributed by atoms with E-state index in [0.717, 1.165) is 6.08 Å². The molecule has 0 atom stereocenters. The van der Waals surface area contributed by atoms with Crippen molar-refractivity contribution in [2.75, 3.05) is 19.5 Å². The number of hydrogen-bond donors (Lipinski definition) is 2. The summed E-state index contributed by atoms with van der Waals surface area (Å²) in [6.45, 7) is 0. The highest BCUT2D eigenvalue weighted by Gasteiger charge is 2.15. The number of carbonyl (C=O) groups is 3. The van der Waals surface area contributed by atoms with Crippen LogP contribution in [0.4, 0.5) is 11.4 Å². The number of nitrogens with zero attached hydrogens (tertiary/aromatic N) is 2. The van der Waals surface area contributed by atoms with Crippen LogP contribution in [0.5, 0.6) is 17.2 Å². The quantitative estimate of drug-likeness (QED) is 0.0519. The first-order valence-corrected chi connectivity index (χ1v) is 13.5. The molecule has 0 aromatic heterocycles. The van der Waals surface area contributed by atoms with Gasteiger partial charge in [-0.3, -0.25) is 19.7 Å². The molecule has 0 aliphatic heterocycles. The van der Waals surface area contributed by atoms with Crippen LogP contribution in [0.2, 0.25) is 5.02 Å². The lowest BCUT2D eigenvalue weighted by Gasteiger charge is -2.10. The van der Waals surface area contributed by atoms with Crippen LogP contribution in [0, 0.1) is 10.1 Å². The highest BCUT2D eigenvalue weighted by atomic mass is 35.5. The van der Waals surface area contributed by atoms with E-state index >= 15 is 0 Å². The third-order valence-corrected chi connectivity index (χ3v) is 6.29. The van der Waals surface area contributed by atoms with Gasteiger partial charge < -0.3 is 19.5 Å². The van der Waals surface area contributed by atoms with Gasteiger partial charge in [0.2, 0.25) is 0 Å². The van der Waals surface area contributed by atoms with Crippen molar-refractivity contribution < 1.29 is 33.5 Å². The molecule has 0 heterocycles. The molecule has 2 amide bonds. The molecule has 0 saturated carbocycles. The Morgan fingerprint density at radius 2 is 1.60 bits per heavy atom. The molecule has 4 aromatic carbocycles. The molecule has 0 radical (unpaired) electrons. The Kier molecular flexibility index (Phi) is 10.6. The first-order chi connectivity index (χ1) is 21.7. The van der Waals surface area contributed by atoms with E-state index in [0.29, 0.717) is 27.6 Å². The Bertz CT molecular complexity index is 1820. The van der Waals surface area contributed by atoms with Crippen LogP contribution in [0.1, 0.15) is 31.8 Å². The first kappa shape index (κ1) is 31.9. The van der Waals surface area contributed by atoms with Gasteiger partial charge in [0, 0.05) is 34.5 Å². The van der Waals surface area contributed by atoms with Crippen molar-refractivity contribution in [3.8, 4) is 17.2 Å². The molecule has 4 rings (SSSR count). The molecule has 45 heavy (non-hydrogen) atoms. The average molecular weight is 629 g/mol. The summed E-state index contributed by atoms with van der Waals surface area (Å²) in [5, 5.41) is 18.0. The minimum Gasteiger partial charge on any atom is -0.496 e. The molecule has 13 heteroatoms. The van der Waals surface area contributed by atoms with E-state index in [-0.39, 0.29) is 28.3 Å². The third-order valence-electron chi connectivity index (χ3n) is 6.06. The van der Waals surface area contributed by atoms with Crippen molar-refractivity contribution in [1.29, 1.82) is 0 Å². The number of hydrogen-bond acceptors (Lipinski definition) is 9. The van der Waals surface area contributed by atoms with E-state index < -0.39 is 22.7 Å². The van der Waals surface area contributed by atoms with Crippen LogP contribution in [-0.4, -0.2) is 43.1 Å². The maximum atomic E-state index is 12.8. The van der Waals surface area contributed by atoms with Gasteiger partial charge in [-0.25, -0.2) is 10.2 Å². The normalized spacial score (nSPS) is 10.8. The zero-order valence-electron chi connectivity index (χ0n) is 23.9. The molecule has 12 nitrogen and oxygen atoms in total. The van der Waals surface area contributed by atoms with E-state index in [1.807, 2.05) is 0 Å². The summed E-state index contributed by atoms with van der Waals surface area (Å²) in [5.74, 6) is -1.03. The average Bonchev–Trinajstić information content (AvgIpc) is 3.04. The lowest BCUT2D eigenvalue weighted by Crippen LogP contribution is -2.18. The van der Waals surface area contributed by atoms with Gasteiger partial charge in [0.05, 0.1) is 30.9 Å². The van der Waals surface area contributed by atoms with Crippen molar-refractivity contribution in [3.63, 3.8) is 0 Å². The monoisotopic (exact) mass is 628 g/mol. The van der Waals surface area contributed by atoms with Gasteiger partial charge in [0.1, 0.15) is 5.75 Å². The van der Waals surface area contributed by atoms with Gasteiger partial charge in [0.25, 0.3) is 17.5 Å². The summed E-state index contributed by atoms with van der Waals surface area (Å²) in [6, 6.07) is 21.3. The predicted octanol–water partition coefficient (Wildman–Crippen LogP) is 5.90. The molecule has 4 aromatic rings. The number of halogens is 1. The van der Waals surface area contributed by atoms with Gasteiger partial charge in [-0.15, -0.1) is 0 Å². The predicted molar refractivity (Wildman–Crippen MR) is 168 cm³/mol. The molecule has 0 bridgehead atoms. The zero-order valence-corrected chi connectivity index (χ0v) is 24.6. The van der Waals surface area contributed by atoms with Crippen LogP contribution in [-0.2, 0) is 4.79 Å². The number of hydrazone groups is 1. The second-order valence-corrected chi connectivity index (χ2v) is 9.53. The standard InChI is InChI=1S/C32H25ClN4O8/c1-43-27-13-11-23(33)18-26(27)32(40)35-24-7-4-6-22(17-24)31(39)36-34-19-21-9-12-28(29(16-21)44-2)45-30(38)14-10-20-5-3-8-25(15-20)37(41)42/h3-19H,1-2H3,(H,35,40)(H,36,39)/b14-10+,34-19?. The van der Waals surface area contributed by atoms with E-state index in [9.17, 15) is 24.5 Å². The number of nitro benzene ring substituents is 1. The van der Waals surface area contributed by atoms with Gasteiger partial charge in [-0.2, -0.15) is 5.10 Å². The molecule has 0 fully saturated rings. The Morgan fingerprint density at radius 3 is 2.36 bits per heavy atom. The van der Waals surface area contributed by atoms with Gasteiger partial charge in [0.15, 0.2) is 11.5 Å². The highest BCUT2D eigenvalue weighted by Crippen LogP contribution is 2.28. The molecule has 0 saturated heterocycles. The number of carbonyl (C=O) groups excluding carboxylic acids is 3. The lowest BCUT2D eigenvalue weighted by molar-refractivity contribution is -0.384. The lowest BCUT2D eigenvalue weighted by atomic mass is 10.1. The zero-order chi connectivity index (χ0) is 32.3. The van der Waals surface area contributed by atoms with Crippen molar-refractivity contribution in [2.45, 2.75) is 0 Å². The molecule has 0 aliphatic rings. The topological polar surface area (TPSA) is 158 Å². The minimum absolute atomic E-state index is 0.103. The summed E-state index contributed by atoms with van der Waals surface area (Å²) < 4.78 is 15.9. The molecule has 2 N–H and O–H groups in total. The number of nitro groups is 1.